The molecule has 18 heavy (non-hydrogen) atoms. The second-order valence-electron chi connectivity index (χ2n) is 4.95. The zero-order valence-corrected chi connectivity index (χ0v) is 11.6. The molecule has 1 atom stereocenters. The fraction of sp³-hybridized carbons (Fsp3) is 0.600. The molecule has 1 aliphatic rings. The Hall–Kier alpha value is -1.06. The third kappa shape index (κ3) is 3.24. The number of benzene rings is 1. The predicted molar refractivity (Wildman–Crippen MR) is 75.2 cm³/mol. The van der Waals surface area contributed by atoms with E-state index >= 15 is 0 Å². The van der Waals surface area contributed by atoms with Crippen LogP contribution in [-0.4, -0.2) is 26.7 Å². The van der Waals surface area contributed by atoms with Crippen molar-refractivity contribution in [3.05, 3.63) is 29.3 Å². The maximum absolute atomic E-state index is 5.48. The van der Waals surface area contributed by atoms with Crippen molar-refractivity contribution in [3.8, 4) is 5.75 Å². The quantitative estimate of drug-likeness (QED) is 0.776. The van der Waals surface area contributed by atoms with Gasteiger partial charge in [-0.3, -0.25) is 0 Å². The summed E-state index contributed by atoms with van der Waals surface area (Å²) in [5, 5.41) is 6.96. The molecule has 1 unspecified atom stereocenters. The van der Waals surface area contributed by atoms with Gasteiger partial charge in [0.15, 0.2) is 0 Å². The molecule has 0 aliphatic heterocycles. The SMILES string of the molecule is CCc1ccc(OC)c(C(CNC2CC2)NC)c1. The van der Waals surface area contributed by atoms with Crippen molar-refractivity contribution in [1.29, 1.82) is 0 Å². The molecule has 0 spiro atoms. The van der Waals surface area contributed by atoms with E-state index in [0.717, 1.165) is 24.8 Å². The van der Waals surface area contributed by atoms with E-state index in [9.17, 15) is 0 Å². The molecule has 1 aromatic carbocycles. The normalized spacial score (nSPS) is 16.6. The van der Waals surface area contributed by atoms with Crippen LogP contribution in [0.1, 0.15) is 36.9 Å². The number of hydrogen-bond donors (Lipinski definition) is 2. The number of hydrogen-bond acceptors (Lipinski definition) is 3. The van der Waals surface area contributed by atoms with Gasteiger partial charge in [0, 0.05) is 24.2 Å². The molecule has 1 aliphatic carbocycles. The Balaban J connectivity index is 2.14. The van der Waals surface area contributed by atoms with Crippen molar-refractivity contribution in [2.75, 3.05) is 20.7 Å². The van der Waals surface area contributed by atoms with Gasteiger partial charge in [0.1, 0.15) is 5.75 Å². The van der Waals surface area contributed by atoms with Crippen LogP contribution in [0.15, 0.2) is 18.2 Å². The summed E-state index contributed by atoms with van der Waals surface area (Å²) in [4.78, 5) is 0. The maximum atomic E-state index is 5.48. The lowest BCUT2D eigenvalue weighted by Gasteiger charge is -2.20. The summed E-state index contributed by atoms with van der Waals surface area (Å²) in [5.74, 6) is 0.976. The maximum Gasteiger partial charge on any atom is 0.123 e. The number of ether oxygens (including phenoxy) is 1. The van der Waals surface area contributed by atoms with Gasteiger partial charge in [-0.05, 0) is 37.9 Å². The molecule has 1 aromatic rings. The van der Waals surface area contributed by atoms with E-state index in [1.807, 2.05) is 7.05 Å². The second-order valence-corrected chi connectivity index (χ2v) is 4.95. The zero-order chi connectivity index (χ0) is 13.0. The first kappa shape index (κ1) is 13.4. The molecule has 0 radical (unpaired) electrons. The summed E-state index contributed by atoms with van der Waals surface area (Å²) in [5.41, 5.74) is 2.62. The summed E-state index contributed by atoms with van der Waals surface area (Å²) in [6, 6.07) is 7.53. The van der Waals surface area contributed by atoms with Gasteiger partial charge in [0.2, 0.25) is 0 Å². The lowest BCUT2D eigenvalue weighted by molar-refractivity contribution is 0.398. The summed E-state index contributed by atoms with van der Waals surface area (Å²) < 4.78 is 5.48. The van der Waals surface area contributed by atoms with Crippen LogP contribution in [0.4, 0.5) is 0 Å². The first-order valence-electron chi connectivity index (χ1n) is 6.86. The van der Waals surface area contributed by atoms with Crippen LogP contribution in [0.2, 0.25) is 0 Å². The minimum atomic E-state index is 0.312. The second kappa shape index (κ2) is 6.21. The van der Waals surface area contributed by atoms with E-state index < -0.39 is 0 Å². The van der Waals surface area contributed by atoms with Crippen molar-refractivity contribution in [3.63, 3.8) is 0 Å². The highest BCUT2D eigenvalue weighted by atomic mass is 16.5. The number of rotatable bonds is 7. The van der Waals surface area contributed by atoms with Crippen LogP contribution in [0, 0.1) is 0 Å². The van der Waals surface area contributed by atoms with Gasteiger partial charge < -0.3 is 15.4 Å². The van der Waals surface area contributed by atoms with E-state index in [1.165, 1.54) is 24.0 Å². The summed E-state index contributed by atoms with van der Waals surface area (Å²) >= 11 is 0. The number of methoxy groups -OCH3 is 1. The van der Waals surface area contributed by atoms with Crippen molar-refractivity contribution in [2.45, 2.75) is 38.3 Å². The predicted octanol–water partition coefficient (Wildman–Crippen LogP) is 2.27. The topological polar surface area (TPSA) is 33.3 Å². The largest absolute Gasteiger partial charge is 0.496 e. The standard InChI is InChI=1S/C15H24N2O/c1-4-11-5-8-15(18-3)13(9-11)14(16-2)10-17-12-6-7-12/h5,8-9,12,14,16-17H,4,6-7,10H2,1-3H3. The molecule has 1 fully saturated rings. The van der Waals surface area contributed by atoms with Crippen molar-refractivity contribution in [1.82, 2.24) is 10.6 Å². The van der Waals surface area contributed by atoms with E-state index in [2.05, 4.69) is 35.8 Å². The molecule has 3 heteroatoms. The highest BCUT2D eigenvalue weighted by Crippen LogP contribution is 2.27. The van der Waals surface area contributed by atoms with Crippen molar-refractivity contribution >= 4 is 0 Å². The number of likely N-dealkylation sites (N-methyl/N-ethyl adjacent to an activating group) is 1. The minimum Gasteiger partial charge on any atom is -0.496 e. The molecule has 0 heterocycles. The zero-order valence-electron chi connectivity index (χ0n) is 11.6. The third-order valence-electron chi connectivity index (χ3n) is 3.61. The van der Waals surface area contributed by atoms with E-state index in [1.54, 1.807) is 7.11 Å². The average Bonchev–Trinajstić information content (AvgIpc) is 3.23. The Morgan fingerprint density at radius 3 is 2.72 bits per heavy atom. The van der Waals surface area contributed by atoms with Gasteiger partial charge in [-0.25, -0.2) is 0 Å². The van der Waals surface area contributed by atoms with Gasteiger partial charge in [0.05, 0.1) is 7.11 Å². The fourth-order valence-electron chi connectivity index (χ4n) is 2.22. The Morgan fingerprint density at radius 2 is 2.17 bits per heavy atom. The minimum absolute atomic E-state index is 0.312. The van der Waals surface area contributed by atoms with Crippen LogP contribution in [0.25, 0.3) is 0 Å². The van der Waals surface area contributed by atoms with Gasteiger partial charge in [-0.1, -0.05) is 19.1 Å². The highest BCUT2D eigenvalue weighted by molar-refractivity contribution is 5.39. The molecule has 0 bridgehead atoms. The lowest BCUT2D eigenvalue weighted by atomic mass is 10.0. The van der Waals surface area contributed by atoms with Crippen molar-refractivity contribution < 1.29 is 4.74 Å². The average molecular weight is 248 g/mol. The summed E-state index contributed by atoms with van der Waals surface area (Å²) in [6.07, 6.45) is 3.70. The van der Waals surface area contributed by atoms with Gasteiger partial charge in [-0.15, -0.1) is 0 Å². The molecule has 2 rings (SSSR count). The van der Waals surface area contributed by atoms with Crippen LogP contribution in [-0.2, 0) is 6.42 Å². The first-order chi connectivity index (χ1) is 8.78. The summed E-state index contributed by atoms with van der Waals surface area (Å²) in [6.45, 7) is 3.15. The fourth-order valence-corrected chi connectivity index (χ4v) is 2.22. The van der Waals surface area contributed by atoms with Crippen LogP contribution in [0.3, 0.4) is 0 Å². The van der Waals surface area contributed by atoms with E-state index in [0.29, 0.717) is 6.04 Å². The Kier molecular flexibility index (Phi) is 4.61. The molecule has 100 valence electrons. The monoisotopic (exact) mass is 248 g/mol. The van der Waals surface area contributed by atoms with E-state index in [4.69, 9.17) is 4.74 Å². The molecule has 0 amide bonds. The molecule has 0 aromatic heterocycles. The molecule has 3 nitrogen and oxygen atoms in total. The van der Waals surface area contributed by atoms with E-state index in [-0.39, 0.29) is 0 Å². The molecular formula is C15H24N2O. The molecular weight excluding hydrogens is 224 g/mol. The van der Waals surface area contributed by atoms with Gasteiger partial charge in [-0.2, -0.15) is 0 Å². The third-order valence-corrected chi connectivity index (χ3v) is 3.61. The Morgan fingerprint density at radius 1 is 1.39 bits per heavy atom. The molecule has 0 saturated heterocycles. The number of aryl methyl sites for hydroxylation is 1. The number of nitrogens with one attached hydrogen (secondary N) is 2. The summed E-state index contributed by atoms with van der Waals surface area (Å²) in [7, 11) is 3.75. The van der Waals surface area contributed by atoms with Gasteiger partial charge in [0.25, 0.3) is 0 Å². The van der Waals surface area contributed by atoms with Crippen LogP contribution < -0.4 is 15.4 Å². The Labute approximate surface area is 110 Å². The lowest BCUT2D eigenvalue weighted by Crippen LogP contribution is -2.31. The highest BCUT2D eigenvalue weighted by Gasteiger charge is 2.23. The molecule has 2 N–H and O–H groups in total. The first-order valence-corrected chi connectivity index (χ1v) is 6.86. The molecule has 1 saturated carbocycles. The van der Waals surface area contributed by atoms with Gasteiger partial charge >= 0.3 is 0 Å². The van der Waals surface area contributed by atoms with Crippen LogP contribution in [0.5, 0.6) is 5.75 Å². The Bertz CT molecular complexity index is 388. The van der Waals surface area contributed by atoms with Crippen LogP contribution >= 0.6 is 0 Å². The van der Waals surface area contributed by atoms with Crippen molar-refractivity contribution in [2.24, 2.45) is 0 Å². The smallest absolute Gasteiger partial charge is 0.123 e.